The van der Waals surface area contributed by atoms with Gasteiger partial charge < -0.3 is 14.6 Å². The third kappa shape index (κ3) is 4.52. The maximum atomic E-state index is 13.1. The monoisotopic (exact) mass is 459 g/mol. The van der Waals surface area contributed by atoms with Crippen molar-refractivity contribution in [2.75, 3.05) is 18.6 Å². The quantitative estimate of drug-likeness (QED) is 0.682. The first kappa shape index (κ1) is 22.0. The highest BCUT2D eigenvalue weighted by Gasteiger charge is 2.37. The number of aryl methyl sites for hydroxylation is 1. The summed E-state index contributed by atoms with van der Waals surface area (Å²) in [4.78, 5) is 29.9. The molecular weight excluding hydrogens is 434 g/mol. The smallest absolute Gasteiger partial charge is 0.268 e. The molecule has 3 heterocycles. The number of hydrogen-bond acceptors (Lipinski definition) is 7. The number of methoxy groups -OCH3 is 1. The van der Waals surface area contributed by atoms with Crippen LogP contribution in [0.25, 0.3) is 0 Å². The lowest BCUT2D eigenvalue weighted by Crippen LogP contribution is -2.44. The minimum atomic E-state index is -3.19. The standard InChI is InChI=1S/C21H25N5O5S/c1-25-11-10-22-20(25)19(14-3-5-16(31-2)6-4-14)23-21(28)17-7-8-18(27)26(24-17)15-9-12-32(29,30)13-15/h3-6,10-11,15,19H,7-9,12-13H2,1-2H3,(H,23,28). The van der Waals surface area contributed by atoms with E-state index in [1.165, 1.54) is 5.01 Å². The Morgan fingerprint density at radius 1 is 1.25 bits per heavy atom. The number of carbonyl (C=O) groups excluding carboxylic acids is 2. The number of amides is 2. The number of imidazole rings is 1. The Morgan fingerprint density at radius 2 is 2.00 bits per heavy atom. The van der Waals surface area contributed by atoms with E-state index in [1.807, 2.05) is 23.7 Å². The third-order valence-electron chi connectivity index (χ3n) is 5.72. The maximum absolute atomic E-state index is 13.1. The first-order valence-electron chi connectivity index (χ1n) is 10.3. The van der Waals surface area contributed by atoms with E-state index in [-0.39, 0.29) is 36.0 Å². The topological polar surface area (TPSA) is 123 Å². The summed E-state index contributed by atoms with van der Waals surface area (Å²) in [6.07, 6.45) is 4.07. The van der Waals surface area contributed by atoms with Crippen molar-refractivity contribution in [3.8, 4) is 5.75 Å². The third-order valence-corrected chi connectivity index (χ3v) is 7.47. The van der Waals surface area contributed by atoms with Crippen LogP contribution in [0.3, 0.4) is 0 Å². The van der Waals surface area contributed by atoms with Gasteiger partial charge in [0.05, 0.1) is 24.7 Å². The number of aromatic nitrogens is 2. The Bertz CT molecular complexity index is 1160. The second-order valence-electron chi connectivity index (χ2n) is 7.92. The van der Waals surface area contributed by atoms with Gasteiger partial charge in [0.15, 0.2) is 9.84 Å². The van der Waals surface area contributed by atoms with Gasteiger partial charge in [-0.15, -0.1) is 0 Å². The molecule has 2 aliphatic heterocycles. The normalized spacial score (nSPS) is 21.2. The molecule has 0 spiro atoms. The molecule has 0 radical (unpaired) electrons. The molecule has 2 aromatic rings. The van der Waals surface area contributed by atoms with Crippen LogP contribution in [-0.2, 0) is 26.5 Å². The largest absolute Gasteiger partial charge is 0.497 e. The molecular formula is C21H25N5O5S. The molecule has 10 nitrogen and oxygen atoms in total. The number of nitrogens with one attached hydrogen (secondary N) is 1. The second kappa shape index (κ2) is 8.73. The van der Waals surface area contributed by atoms with Crippen LogP contribution in [0, 0.1) is 0 Å². The van der Waals surface area contributed by atoms with Gasteiger partial charge >= 0.3 is 0 Å². The SMILES string of the molecule is COc1ccc(C(NC(=O)C2=NN(C3CCS(=O)(=O)C3)C(=O)CC2)c2nccn2C)cc1. The average Bonchev–Trinajstić information content (AvgIpc) is 3.37. The van der Waals surface area contributed by atoms with Crippen LogP contribution in [0.1, 0.15) is 36.7 Å². The number of carbonyl (C=O) groups is 2. The van der Waals surface area contributed by atoms with Crippen molar-refractivity contribution in [1.82, 2.24) is 19.9 Å². The van der Waals surface area contributed by atoms with E-state index in [4.69, 9.17) is 4.74 Å². The molecule has 1 N–H and O–H groups in total. The number of ether oxygens (including phenoxy) is 1. The zero-order valence-electron chi connectivity index (χ0n) is 17.9. The molecule has 2 atom stereocenters. The van der Waals surface area contributed by atoms with Gasteiger partial charge in [0.1, 0.15) is 23.3 Å². The summed E-state index contributed by atoms with van der Waals surface area (Å²) in [6.45, 7) is 0. The molecule has 1 fully saturated rings. The van der Waals surface area contributed by atoms with Gasteiger partial charge in [0.2, 0.25) is 5.91 Å². The van der Waals surface area contributed by atoms with Crippen LogP contribution in [0.15, 0.2) is 41.8 Å². The molecule has 32 heavy (non-hydrogen) atoms. The zero-order chi connectivity index (χ0) is 22.9. The fraction of sp³-hybridized carbons (Fsp3) is 0.429. The van der Waals surface area contributed by atoms with E-state index >= 15 is 0 Å². The Kier molecular flexibility index (Phi) is 6.00. The van der Waals surface area contributed by atoms with Crippen LogP contribution in [-0.4, -0.2) is 65.2 Å². The first-order valence-corrected chi connectivity index (χ1v) is 12.1. The highest BCUT2D eigenvalue weighted by Crippen LogP contribution is 2.25. The highest BCUT2D eigenvalue weighted by molar-refractivity contribution is 7.91. The van der Waals surface area contributed by atoms with Crippen molar-refractivity contribution >= 4 is 27.4 Å². The van der Waals surface area contributed by atoms with E-state index in [1.54, 1.807) is 31.6 Å². The molecule has 2 unspecified atom stereocenters. The molecule has 0 saturated carbocycles. The van der Waals surface area contributed by atoms with Crippen LogP contribution < -0.4 is 10.1 Å². The predicted octanol–water partition coefficient (Wildman–Crippen LogP) is 0.800. The van der Waals surface area contributed by atoms with Gasteiger partial charge in [-0.25, -0.2) is 18.4 Å². The highest BCUT2D eigenvalue weighted by atomic mass is 32.2. The van der Waals surface area contributed by atoms with Crippen molar-refractivity contribution in [3.05, 3.63) is 48.0 Å². The molecule has 170 valence electrons. The summed E-state index contributed by atoms with van der Waals surface area (Å²) in [6, 6.07) is 6.23. The molecule has 2 aliphatic rings. The van der Waals surface area contributed by atoms with E-state index in [0.717, 1.165) is 5.56 Å². The van der Waals surface area contributed by atoms with E-state index < -0.39 is 27.8 Å². The number of sulfone groups is 1. The van der Waals surface area contributed by atoms with Crippen molar-refractivity contribution in [3.63, 3.8) is 0 Å². The Morgan fingerprint density at radius 3 is 2.59 bits per heavy atom. The lowest BCUT2D eigenvalue weighted by Gasteiger charge is -2.28. The second-order valence-corrected chi connectivity index (χ2v) is 10.1. The van der Waals surface area contributed by atoms with Crippen molar-refractivity contribution in [2.24, 2.45) is 12.1 Å². The number of rotatable bonds is 6. The number of benzene rings is 1. The summed E-state index contributed by atoms with van der Waals surface area (Å²) in [5.74, 6) is 0.535. The zero-order valence-corrected chi connectivity index (χ0v) is 18.7. The summed E-state index contributed by atoms with van der Waals surface area (Å²) in [7, 11) is 0.231. The van der Waals surface area contributed by atoms with Crippen molar-refractivity contribution < 1.29 is 22.7 Å². The number of hydrogen-bond donors (Lipinski definition) is 1. The molecule has 0 bridgehead atoms. The lowest BCUT2D eigenvalue weighted by atomic mass is 10.0. The minimum absolute atomic E-state index is 0.0250. The molecule has 2 amide bonds. The van der Waals surface area contributed by atoms with Gasteiger partial charge in [-0.2, -0.15) is 5.10 Å². The van der Waals surface area contributed by atoms with Crippen LogP contribution in [0.2, 0.25) is 0 Å². The Hall–Kier alpha value is -3.21. The van der Waals surface area contributed by atoms with Crippen LogP contribution >= 0.6 is 0 Å². The van der Waals surface area contributed by atoms with Crippen LogP contribution in [0.4, 0.5) is 0 Å². The maximum Gasteiger partial charge on any atom is 0.268 e. The molecule has 1 saturated heterocycles. The molecule has 11 heteroatoms. The average molecular weight is 460 g/mol. The predicted molar refractivity (Wildman–Crippen MR) is 117 cm³/mol. The van der Waals surface area contributed by atoms with Gasteiger partial charge in [-0.1, -0.05) is 12.1 Å². The lowest BCUT2D eigenvalue weighted by molar-refractivity contribution is -0.133. The van der Waals surface area contributed by atoms with Gasteiger partial charge in [0, 0.05) is 32.3 Å². The Balaban J connectivity index is 1.59. The molecule has 0 aliphatic carbocycles. The summed E-state index contributed by atoms with van der Waals surface area (Å²) < 4.78 is 30.7. The minimum Gasteiger partial charge on any atom is -0.497 e. The summed E-state index contributed by atoms with van der Waals surface area (Å²) in [5, 5.41) is 8.43. The molecule has 4 rings (SSSR count). The first-order chi connectivity index (χ1) is 15.3. The summed E-state index contributed by atoms with van der Waals surface area (Å²) in [5.41, 5.74) is 1.00. The van der Waals surface area contributed by atoms with Crippen molar-refractivity contribution in [1.29, 1.82) is 0 Å². The van der Waals surface area contributed by atoms with E-state index in [0.29, 0.717) is 18.0 Å². The fourth-order valence-corrected chi connectivity index (χ4v) is 5.64. The molecule has 1 aromatic carbocycles. The number of hydrazone groups is 1. The van der Waals surface area contributed by atoms with Gasteiger partial charge in [0.25, 0.3) is 5.91 Å². The van der Waals surface area contributed by atoms with Gasteiger partial charge in [-0.3, -0.25) is 9.59 Å². The van der Waals surface area contributed by atoms with Crippen molar-refractivity contribution in [2.45, 2.75) is 31.3 Å². The Labute approximate surface area is 186 Å². The van der Waals surface area contributed by atoms with E-state index in [2.05, 4.69) is 15.4 Å². The summed E-state index contributed by atoms with van der Waals surface area (Å²) >= 11 is 0. The van der Waals surface area contributed by atoms with Gasteiger partial charge in [-0.05, 0) is 24.1 Å². The van der Waals surface area contributed by atoms with E-state index in [9.17, 15) is 18.0 Å². The molecule has 1 aromatic heterocycles. The fourth-order valence-electron chi connectivity index (χ4n) is 3.95. The number of nitrogens with zero attached hydrogens (tertiary/aromatic N) is 4. The van der Waals surface area contributed by atoms with Crippen LogP contribution in [0.5, 0.6) is 5.75 Å².